The Morgan fingerprint density at radius 1 is 0.280 bits per heavy atom. The van der Waals surface area contributed by atoms with Gasteiger partial charge in [0, 0.05) is 19.3 Å². The third kappa shape index (κ3) is 61.8. The van der Waals surface area contributed by atoms with Crippen LogP contribution in [-0.4, -0.2) is 37.2 Å². The van der Waals surface area contributed by atoms with Gasteiger partial charge in [-0.1, -0.05) is 300 Å². The molecule has 6 heteroatoms. The summed E-state index contributed by atoms with van der Waals surface area (Å²) >= 11 is 0. The van der Waals surface area contributed by atoms with Crippen molar-refractivity contribution in [3.8, 4) is 0 Å². The smallest absolute Gasteiger partial charge is 0.306 e. The van der Waals surface area contributed by atoms with E-state index in [1.54, 1.807) is 0 Å². The lowest BCUT2D eigenvalue weighted by molar-refractivity contribution is -0.167. The summed E-state index contributed by atoms with van der Waals surface area (Å²) < 4.78 is 16.9. The molecule has 0 aromatic heterocycles. The van der Waals surface area contributed by atoms with Crippen LogP contribution < -0.4 is 0 Å². The maximum Gasteiger partial charge on any atom is 0.306 e. The average molecular weight is 1050 g/mol. The largest absolute Gasteiger partial charge is 0.462 e. The number of allylic oxidation sites excluding steroid dienone is 10. The minimum atomic E-state index is -0.773. The van der Waals surface area contributed by atoms with Crippen LogP contribution in [0.15, 0.2) is 60.8 Å². The van der Waals surface area contributed by atoms with Gasteiger partial charge in [0.25, 0.3) is 0 Å². The molecular weight excluding hydrogens is 925 g/mol. The number of carbonyl (C=O) groups is 3. The van der Waals surface area contributed by atoms with Crippen LogP contribution in [0.2, 0.25) is 0 Å². The predicted molar refractivity (Wildman–Crippen MR) is 325 cm³/mol. The molecule has 75 heavy (non-hydrogen) atoms. The van der Waals surface area contributed by atoms with Crippen molar-refractivity contribution in [1.82, 2.24) is 0 Å². The molecule has 0 aliphatic carbocycles. The van der Waals surface area contributed by atoms with Crippen molar-refractivity contribution in [2.24, 2.45) is 0 Å². The summed E-state index contributed by atoms with van der Waals surface area (Å²) in [5.74, 6) is -0.863. The van der Waals surface area contributed by atoms with Gasteiger partial charge in [-0.2, -0.15) is 0 Å². The van der Waals surface area contributed by atoms with Crippen LogP contribution in [0.1, 0.15) is 342 Å². The fourth-order valence-electron chi connectivity index (χ4n) is 9.61. The van der Waals surface area contributed by atoms with Crippen LogP contribution in [0.4, 0.5) is 0 Å². The van der Waals surface area contributed by atoms with E-state index in [1.165, 1.54) is 212 Å². The third-order valence-corrected chi connectivity index (χ3v) is 14.5. The number of hydrogen-bond donors (Lipinski definition) is 0. The van der Waals surface area contributed by atoms with Gasteiger partial charge in [0.15, 0.2) is 6.10 Å². The minimum absolute atomic E-state index is 0.0717. The molecule has 0 amide bonds. The molecule has 6 nitrogen and oxygen atoms in total. The maximum atomic E-state index is 12.8. The van der Waals surface area contributed by atoms with Crippen molar-refractivity contribution < 1.29 is 28.6 Å². The van der Waals surface area contributed by atoms with Crippen molar-refractivity contribution >= 4 is 17.9 Å². The Labute approximate surface area is 466 Å². The second-order valence-electron chi connectivity index (χ2n) is 22.0. The number of unbranched alkanes of at least 4 members (excludes halogenated alkanes) is 39. The van der Waals surface area contributed by atoms with E-state index >= 15 is 0 Å². The summed E-state index contributed by atoms with van der Waals surface area (Å²) in [6.45, 7) is 6.54. The van der Waals surface area contributed by atoms with Gasteiger partial charge in [0.2, 0.25) is 0 Å². The van der Waals surface area contributed by atoms with Gasteiger partial charge in [-0.15, -0.1) is 0 Å². The van der Waals surface area contributed by atoms with Crippen molar-refractivity contribution in [2.75, 3.05) is 13.2 Å². The number of hydrogen-bond acceptors (Lipinski definition) is 6. The Hall–Kier alpha value is -2.89. The normalized spacial score (nSPS) is 12.4. The van der Waals surface area contributed by atoms with E-state index in [4.69, 9.17) is 14.2 Å². The van der Waals surface area contributed by atoms with Gasteiger partial charge < -0.3 is 14.2 Å². The summed E-state index contributed by atoms with van der Waals surface area (Å²) in [5, 5.41) is 0. The Balaban J connectivity index is 4.04. The first kappa shape index (κ1) is 72.1. The van der Waals surface area contributed by atoms with Crippen molar-refractivity contribution in [2.45, 2.75) is 348 Å². The van der Waals surface area contributed by atoms with Gasteiger partial charge in [-0.25, -0.2) is 0 Å². The lowest BCUT2D eigenvalue weighted by atomic mass is 10.0. The van der Waals surface area contributed by atoms with E-state index in [9.17, 15) is 14.4 Å². The Morgan fingerprint density at radius 2 is 0.520 bits per heavy atom. The van der Waals surface area contributed by atoms with E-state index in [-0.39, 0.29) is 31.1 Å². The van der Waals surface area contributed by atoms with Crippen molar-refractivity contribution in [3.63, 3.8) is 0 Å². The Kier molecular flexibility index (Phi) is 61.2. The van der Waals surface area contributed by atoms with Crippen LogP contribution in [0.25, 0.3) is 0 Å². The topological polar surface area (TPSA) is 78.9 Å². The predicted octanol–water partition coefficient (Wildman–Crippen LogP) is 22.3. The van der Waals surface area contributed by atoms with Crippen LogP contribution in [0.3, 0.4) is 0 Å². The molecule has 436 valence electrons. The molecule has 0 N–H and O–H groups in total. The van der Waals surface area contributed by atoms with Gasteiger partial charge in [0.05, 0.1) is 0 Å². The Bertz CT molecular complexity index is 1340. The third-order valence-electron chi connectivity index (χ3n) is 14.5. The molecule has 1 atom stereocenters. The molecule has 0 spiro atoms. The summed E-state index contributed by atoms with van der Waals surface area (Å²) in [6, 6.07) is 0. The minimum Gasteiger partial charge on any atom is -0.462 e. The zero-order valence-corrected chi connectivity index (χ0v) is 50.1. The van der Waals surface area contributed by atoms with Gasteiger partial charge in [-0.3, -0.25) is 14.4 Å². The first-order valence-electron chi connectivity index (χ1n) is 32.8. The highest BCUT2D eigenvalue weighted by atomic mass is 16.6. The van der Waals surface area contributed by atoms with E-state index < -0.39 is 6.10 Å². The molecule has 0 fully saturated rings. The zero-order chi connectivity index (χ0) is 54.3. The number of esters is 3. The van der Waals surface area contributed by atoms with E-state index in [2.05, 4.69) is 81.5 Å². The molecule has 1 unspecified atom stereocenters. The highest BCUT2D eigenvalue weighted by molar-refractivity contribution is 5.71. The fourth-order valence-corrected chi connectivity index (χ4v) is 9.61. The first-order chi connectivity index (χ1) is 37.0. The van der Waals surface area contributed by atoms with Crippen LogP contribution in [-0.2, 0) is 28.6 Å². The number of ether oxygens (including phenoxy) is 3. The van der Waals surface area contributed by atoms with E-state index in [0.29, 0.717) is 19.3 Å². The fraction of sp³-hybridized carbons (Fsp3) is 0.812. The molecule has 0 saturated carbocycles. The van der Waals surface area contributed by atoms with Crippen LogP contribution >= 0.6 is 0 Å². The molecule has 0 aliphatic heterocycles. The van der Waals surface area contributed by atoms with Crippen molar-refractivity contribution in [3.05, 3.63) is 60.8 Å². The molecule has 0 saturated heterocycles. The van der Waals surface area contributed by atoms with Crippen LogP contribution in [0.5, 0.6) is 0 Å². The quantitative estimate of drug-likeness (QED) is 0.0261. The molecular formula is C69H124O6. The molecule has 0 aromatic rings. The Morgan fingerprint density at radius 3 is 0.827 bits per heavy atom. The van der Waals surface area contributed by atoms with Gasteiger partial charge in [0.1, 0.15) is 13.2 Å². The molecule has 0 bridgehead atoms. The van der Waals surface area contributed by atoms with Gasteiger partial charge in [-0.05, 0) is 83.5 Å². The standard InChI is InChI=1S/C69H124O6/c1-4-7-10-13-16-19-22-24-26-27-28-29-30-31-32-33-34-35-36-37-38-39-40-41-42-43-44-46-47-50-53-56-59-62-68(71)74-65-66(64-73-67(70)61-58-55-52-49-21-18-15-12-9-6-3)75-69(72)63-60-57-54-51-48-45-25-23-20-17-14-11-8-5-2/h7,10,16,19,23-26,28-29,66H,4-6,8-9,11-15,17-18,20-22,27,30-65H2,1-3H3/b10-7-,19-16-,25-23-,26-24-,29-28-. The second kappa shape index (κ2) is 63.6. The van der Waals surface area contributed by atoms with Crippen molar-refractivity contribution in [1.29, 1.82) is 0 Å². The number of rotatable bonds is 60. The first-order valence-corrected chi connectivity index (χ1v) is 32.8. The highest BCUT2D eigenvalue weighted by Crippen LogP contribution is 2.17. The molecule has 0 heterocycles. The second-order valence-corrected chi connectivity index (χ2v) is 22.0. The molecule has 0 rings (SSSR count). The number of carbonyl (C=O) groups excluding carboxylic acids is 3. The van der Waals surface area contributed by atoms with Crippen LogP contribution in [0, 0.1) is 0 Å². The summed E-state index contributed by atoms with van der Waals surface area (Å²) in [5.41, 5.74) is 0. The SMILES string of the molecule is CC/C=C\C/C=C\C/C=C\C/C=C\CCCCCCCCCCCCCCCCCCCCCCC(=O)OCC(COC(=O)CCCCCCCCCCCC)OC(=O)CCCCCCC/C=C\CCCCCCC. The maximum absolute atomic E-state index is 12.8. The van der Waals surface area contributed by atoms with Gasteiger partial charge >= 0.3 is 17.9 Å². The molecule has 0 aromatic carbocycles. The lowest BCUT2D eigenvalue weighted by Crippen LogP contribution is -2.30. The van der Waals surface area contributed by atoms with E-state index in [1.807, 2.05) is 0 Å². The lowest BCUT2D eigenvalue weighted by Gasteiger charge is -2.18. The average Bonchev–Trinajstić information content (AvgIpc) is 3.41. The monoisotopic (exact) mass is 1050 g/mol. The summed E-state index contributed by atoms with van der Waals surface area (Å²) in [4.78, 5) is 38.1. The van der Waals surface area contributed by atoms with E-state index in [0.717, 1.165) is 89.9 Å². The molecule has 0 aliphatic rings. The summed E-state index contributed by atoms with van der Waals surface area (Å²) in [6.07, 6.45) is 81.1. The molecule has 0 radical (unpaired) electrons. The highest BCUT2D eigenvalue weighted by Gasteiger charge is 2.19. The summed E-state index contributed by atoms with van der Waals surface area (Å²) in [7, 11) is 0. The zero-order valence-electron chi connectivity index (χ0n) is 50.1.